The molecule has 1 rings (SSSR count). The SMILES string of the molecule is CON(C)C(=O)COC(=O)N1CCCCC1. The van der Waals surface area contributed by atoms with E-state index in [4.69, 9.17) is 4.74 Å². The zero-order valence-corrected chi connectivity index (χ0v) is 9.77. The third kappa shape index (κ3) is 3.69. The number of piperidine rings is 1. The molecule has 2 amide bonds. The predicted molar refractivity (Wildman–Crippen MR) is 56.6 cm³/mol. The average molecular weight is 230 g/mol. The fourth-order valence-electron chi connectivity index (χ4n) is 1.48. The lowest BCUT2D eigenvalue weighted by molar-refractivity contribution is -0.171. The smallest absolute Gasteiger partial charge is 0.410 e. The number of carbonyl (C=O) groups excluding carboxylic acids is 2. The third-order valence-electron chi connectivity index (χ3n) is 2.56. The molecule has 0 aromatic carbocycles. The van der Waals surface area contributed by atoms with Crippen LogP contribution in [-0.2, 0) is 14.4 Å². The Labute approximate surface area is 95.0 Å². The van der Waals surface area contributed by atoms with Crippen LogP contribution in [0, 0.1) is 0 Å². The molecule has 1 heterocycles. The molecule has 0 N–H and O–H groups in total. The molecule has 0 spiro atoms. The molecule has 16 heavy (non-hydrogen) atoms. The van der Waals surface area contributed by atoms with Gasteiger partial charge in [-0.25, -0.2) is 9.86 Å². The molecule has 0 radical (unpaired) electrons. The number of ether oxygens (including phenoxy) is 1. The van der Waals surface area contributed by atoms with Crippen molar-refractivity contribution in [3.63, 3.8) is 0 Å². The Balaban J connectivity index is 2.26. The van der Waals surface area contributed by atoms with E-state index in [1.807, 2.05) is 0 Å². The highest BCUT2D eigenvalue weighted by Gasteiger charge is 2.19. The lowest BCUT2D eigenvalue weighted by Crippen LogP contribution is -2.38. The van der Waals surface area contributed by atoms with Crippen molar-refractivity contribution in [1.82, 2.24) is 9.96 Å². The number of carbonyl (C=O) groups is 2. The quantitative estimate of drug-likeness (QED) is 0.667. The summed E-state index contributed by atoms with van der Waals surface area (Å²) < 4.78 is 4.88. The Bertz CT molecular complexity index is 251. The minimum Gasteiger partial charge on any atom is -0.439 e. The summed E-state index contributed by atoms with van der Waals surface area (Å²) >= 11 is 0. The first kappa shape index (κ1) is 12.8. The number of likely N-dealkylation sites (N-methyl/N-ethyl adjacent to an activating group) is 1. The molecule has 0 aromatic rings. The molecule has 0 saturated carbocycles. The van der Waals surface area contributed by atoms with E-state index < -0.39 is 6.09 Å². The van der Waals surface area contributed by atoms with Gasteiger partial charge in [-0.1, -0.05) is 0 Å². The lowest BCUT2D eigenvalue weighted by atomic mass is 10.1. The Morgan fingerprint density at radius 3 is 2.44 bits per heavy atom. The highest BCUT2D eigenvalue weighted by atomic mass is 16.7. The molecule has 6 nitrogen and oxygen atoms in total. The molecule has 1 aliphatic rings. The molecule has 6 heteroatoms. The van der Waals surface area contributed by atoms with Crippen molar-refractivity contribution in [2.24, 2.45) is 0 Å². The first-order valence-corrected chi connectivity index (χ1v) is 5.37. The van der Waals surface area contributed by atoms with Gasteiger partial charge in [-0.05, 0) is 19.3 Å². The molecule has 0 unspecified atom stereocenters. The summed E-state index contributed by atoms with van der Waals surface area (Å²) in [5.74, 6) is -0.382. The zero-order valence-electron chi connectivity index (χ0n) is 9.77. The number of rotatable bonds is 3. The Morgan fingerprint density at radius 2 is 1.88 bits per heavy atom. The van der Waals surface area contributed by atoms with Crippen molar-refractivity contribution in [3.05, 3.63) is 0 Å². The molecule has 0 aromatic heterocycles. The van der Waals surface area contributed by atoms with Crippen LogP contribution in [0.15, 0.2) is 0 Å². The summed E-state index contributed by atoms with van der Waals surface area (Å²) in [5.41, 5.74) is 0. The van der Waals surface area contributed by atoms with Crippen molar-refractivity contribution < 1.29 is 19.2 Å². The van der Waals surface area contributed by atoms with Gasteiger partial charge in [-0.15, -0.1) is 0 Å². The molecule has 0 bridgehead atoms. The van der Waals surface area contributed by atoms with Gasteiger partial charge in [0.2, 0.25) is 0 Å². The van der Waals surface area contributed by atoms with E-state index in [2.05, 4.69) is 4.84 Å². The average Bonchev–Trinajstić information content (AvgIpc) is 2.35. The zero-order chi connectivity index (χ0) is 12.0. The Kier molecular flexibility index (Phi) is 5.04. The van der Waals surface area contributed by atoms with Crippen LogP contribution < -0.4 is 0 Å². The second-order valence-corrected chi connectivity index (χ2v) is 3.68. The van der Waals surface area contributed by atoms with E-state index in [-0.39, 0.29) is 12.5 Å². The third-order valence-corrected chi connectivity index (χ3v) is 2.56. The van der Waals surface area contributed by atoms with Gasteiger partial charge >= 0.3 is 6.09 Å². The van der Waals surface area contributed by atoms with Gasteiger partial charge in [0.05, 0.1) is 7.11 Å². The maximum atomic E-state index is 11.5. The highest BCUT2D eigenvalue weighted by molar-refractivity contribution is 5.79. The van der Waals surface area contributed by atoms with E-state index in [1.54, 1.807) is 4.90 Å². The van der Waals surface area contributed by atoms with E-state index in [0.29, 0.717) is 13.1 Å². The van der Waals surface area contributed by atoms with Crippen LogP contribution in [0.4, 0.5) is 4.79 Å². The number of nitrogens with zero attached hydrogens (tertiary/aromatic N) is 2. The van der Waals surface area contributed by atoms with Gasteiger partial charge in [0.15, 0.2) is 6.61 Å². The summed E-state index contributed by atoms with van der Waals surface area (Å²) in [6, 6.07) is 0. The lowest BCUT2D eigenvalue weighted by Gasteiger charge is -2.25. The Morgan fingerprint density at radius 1 is 1.25 bits per heavy atom. The van der Waals surface area contributed by atoms with Crippen LogP contribution in [0.3, 0.4) is 0 Å². The summed E-state index contributed by atoms with van der Waals surface area (Å²) in [6.45, 7) is 1.15. The first-order chi connectivity index (χ1) is 7.65. The van der Waals surface area contributed by atoms with Crippen molar-refractivity contribution in [1.29, 1.82) is 0 Å². The molecule has 1 fully saturated rings. The number of amides is 2. The molecular formula is C10H18N2O4. The van der Waals surface area contributed by atoms with Gasteiger partial charge in [0.1, 0.15) is 0 Å². The summed E-state index contributed by atoms with van der Waals surface area (Å²) in [5, 5.41) is 1.03. The number of likely N-dealkylation sites (tertiary alicyclic amines) is 1. The topological polar surface area (TPSA) is 59.1 Å². The van der Waals surface area contributed by atoms with Crippen molar-refractivity contribution in [3.8, 4) is 0 Å². The maximum absolute atomic E-state index is 11.5. The first-order valence-electron chi connectivity index (χ1n) is 5.37. The van der Waals surface area contributed by atoms with Crippen LogP contribution in [0.1, 0.15) is 19.3 Å². The van der Waals surface area contributed by atoms with E-state index >= 15 is 0 Å². The molecule has 0 aliphatic carbocycles. The van der Waals surface area contributed by atoms with Gasteiger partial charge in [0, 0.05) is 20.1 Å². The van der Waals surface area contributed by atoms with Gasteiger partial charge in [-0.2, -0.15) is 0 Å². The van der Waals surface area contributed by atoms with Crippen LogP contribution in [0.25, 0.3) is 0 Å². The van der Waals surface area contributed by atoms with E-state index in [9.17, 15) is 9.59 Å². The monoisotopic (exact) mass is 230 g/mol. The fraction of sp³-hybridized carbons (Fsp3) is 0.800. The van der Waals surface area contributed by atoms with Gasteiger partial charge < -0.3 is 9.64 Å². The summed E-state index contributed by atoms with van der Waals surface area (Å²) in [4.78, 5) is 29.1. The normalized spacial score (nSPS) is 15.8. The van der Waals surface area contributed by atoms with Crippen LogP contribution in [0.5, 0.6) is 0 Å². The number of hydroxylamine groups is 2. The minimum absolute atomic E-state index is 0.278. The van der Waals surface area contributed by atoms with Crippen LogP contribution in [-0.4, -0.2) is 55.8 Å². The van der Waals surface area contributed by atoms with Crippen LogP contribution >= 0.6 is 0 Å². The van der Waals surface area contributed by atoms with Gasteiger partial charge in [-0.3, -0.25) is 9.63 Å². The molecule has 92 valence electrons. The molecule has 1 saturated heterocycles. The maximum Gasteiger partial charge on any atom is 0.410 e. The number of hydrogen-bond acceptors (Lipinski definition) is 4. The standard InChI is InChI=1S/C10H18N2O4/c1-11(15-2)9(13)8-16-10(14)12-6-4-3-5-7-12/h3-8H2,1-2H3. The van der Waals surface area contributed by atoms with Crippen molar-refractivity contribution >= 4 is 12.0 Å². The molecule has 0 atom stereocenters. The van der Waals surface area contributed by atoms with Crippen molar-refractivity contribution in [2.75, 3.05) is 33.9 Å². The van der Waals surface area contributed by atoms with Crippen molar-refractivity contribution in [2.45, 2.75) is 19.3 Å². The number of hydrogen-bond donors (Lipinski definition) is 0. The van der Waals surface area contributed by atoms with Gasteiger partial charge in [0.25, 0.3) is 5.91 Å². The summed E-state index contributed by atoms with van der Waals surface area (Å²) in [7, 11) is 2.85. The molecular weight excluding hydrogens is 212 g/mol. The largest absolute Gasteiger partial charge is 0.439 e. The second-order valence-electron chi connectivity index (χ2n) is 3.68. The van der Waals surface area contributed by atoms with E-state index in [0.717, 1.165) is 24.3 Å². The molecule has 1 aliphatic heterocycles. The fourth-order valence-corrected chi connectivity index (χ4v) is 1.48. The predicted octanol–water partition coefficient (Wildman–Crippen LogP) is 0.629. The van der Waals surface area contributed by atoms with E-state index in [1.165, 1.54) is 14.2 Å². The minimum atomic E-state index is -0.419. The Hall–Kier alpha value is -1.30. The summed E-state index contributed by atoms with van der Waals surface area (Å²) in [6.07, 6.45) is 2.73. The van der Waals surface area contributed by atoms with Crippen LogP contribution in [0.2, 0.25) is 0 Å². The highest BCUT2D eigenvalue weighted by Crippen LogP contribution is 2.09. The second kappa shape index (κ2) is 6.32.